The Morgan fingerprint density at radius 3 is 2.78 bits per heavy atom. The first-order valence-corrected chi connectivity index (χ1v) is 6.45. The van der Waals surface area contributed by atoms with Gasteiger partial charge in [-0.15, -0.1) is 0 Å². The van der Waals surface area contributed by atoms with E-state index in [9.17, 15) is 0 Å². The third-order valence-electron chi connectivity index (χ3n) is 3.39. The van der Waals surface area contributed by atoms with Gasteiger partial charge in [-0.25, -0.2) is 4.98 Å². The highest BCUT2D eigenvalue weighted by Gasteiger charge is 2.14. The van der Waals surface area contributed by atoms with Gasteiger partial charge in [0.05, 0.1) is 12.6 Å². The fourth-order valence-corrected chi connectivity index (χ4v) is 1.97. The summed E-state index contributed by atoms with van der Waals surface area (Å²) in [5, 5.41) is 7.78. The Morgan fingerprint density at radius 1 is 1.28 bits per heavy atom. The lowest BCUT2D eigenvalue weighted by Gasteiger charge is -2.21. The molecule has 2 aromatic heterocycles. The van der Waals surface area contributed by atoms with Gasteiger partial charge in [0, 0.05) is 37.4 Å². The fourth-order valence-electron chi connectivity index (χ4n) is 1.97. The minimum absolute atomic E-state index is 0.324. The van der Waals surface area contributed by atoms with E-state index < -0.39 is 0 Å². The van der Waals surface area contributed by atoms with Crippen LogP contribution >= 0.6 is 0 Å². The van der Waals surface area contributed by atoms with Crippen molar-refractivity contribution in [2.75, 3.05) is 0 Å². The van der Waals surface area contributed by atoms with Gasteiger partial charge in [-0.3, -0.25) is 4.68 Å². The van der Waals surface area contributed by atoms with E-state index in [1.165, 1.54) is 0 Å². The Bertz CT molecular complexity index is 459. The number of imidazole rings is 1. The van der Waals surface area contributed by atoms with Crippen molar-refractivity contribution < 1.29 is 0 Å². The monoisotopic (exact) mass is 247 g/mol. The molecule has 5 heteroatoms. The van der Waals surface area contributed by atoms with Gasteiger partial charge in [-0.2, -0.15) is 5.10 Å². The first kappa shape index (κ1) is 12.8. The van der Waals surface area contributed by atoms with Crippen molar-refractivity contribution in [3.05, 3.63) is 36.7 Å². The fraction of sp³-hybridized carbons (Fsp3) is 0.538. The highest BCUT2D eigenvalue weighted by Crippen LogP contribution is 2.09. The van der Waals surface area contributed by atoms with E-state index in [0.717, 1.165) is 18.9 Å². The number of hydrogen-bond acceptors (Lipinski definition) is 3. The molecule has 0 radical (unpaired) electrons. The summed E-state index contributed by atoms with van der Waals surface area (Å²) in [6.45, 7) is 8.21. The maximum atomic E-state index is 4.36. The molecule has 0 aromatic carbocycles. The van der Waals surface area contributed by atoms with Crippen LogP contribution in [0.3, 0.4) is 0 Å². The van der Waals surface area contributed by atoms with E-state index >= 15 is 0 Å². The molecule has 0 aliphatic heterocycles. The molecule has 1 N–H and O–H groups in total. The highest BCUT2D eigenvalue weighted by molar-refractivity contribution is 4.92. The van der Waals surface area contributed by atoms with Crippen molar-refractivity contribution >= 4 is 0 Å². The van der Waals surface area contributed by atoms with E-state index in [1.807, 2.05) is 35.5 Å². The molecular formula is C13H21N5. The molecule has 0 saturated carbocycles. The summed E-state index contributed by atoms with van der Waals surface area (Å²) in [4.78, 5) is 4.36. The lowest BCUT2D eigenvalue weighted by molar-refractivity contribution is 0.360. The molecule has 2 atom stereocenters. The second-order valence-electron chi connectivity index (χ2n) is 4.53. The van der Waals surface area contributed by atoms with Gasteiger partial charge < -0.3 is 9.88 Å². The van der Waals surface area contributed by atoms with E-state index in [4.69, 9.17) is 0 Å². The zero-order chi connectivity index (χ0) is 13.0. The number of rotatable bonds is 6. The summed E-state index contributed by atoms with van der Waals surface area (Å²) in [7, 11) is 0. The predicted octanol–water partition coefficient (Wildman–Crippen LogP) is 1.84. The van der Waals surface area contributed by atoms with Crippen LogP contribution in [0.2, 0.25) is 0 Å². The lowest BCUT2D eigenvalue weighted by Crippen LogP contribution is -2.34. The molecule has 2 aromatic rings. The Balaban J connectivity index is 1.90. The summed E-state index contributed by atoms with van der Waals surface area (Å²) in [6, 6.07) is 2.62. The van der Waals surface area contributed by atoms with Gasteiger partial charge >= 0.3 is 0 Å². The topological polar surface area (TPSA) is 47.7 Å². The molecule has 0 bridgehead atoms. The maximum Gasteiger partial charge on any atom is 0.122 e. The molecule has 18 heavy (non-hydrogen) atoms. The number of aromatic nitrogens is 4. The molecular weight excluding hydrogens is 226 g/mol. The summed E-state index contributed by atoms with van der Waals surface area (Å²) < 4.78 is 4.13. The zero-order valence-electron chi connectivity index (χ0n) is 11.2. The molecule has 0 saturated heterocycles. The van der Waals surface area contributed by atoms with Gasteiger partial charge in [-0.05, 0) is 26.8 Å². The molecule has 0 spiro atoms. The third-order valence-corrected chi connectivity index (χ3v) is 3.39. The van der Waals surface area contributed by atoms with Crippen LogP contribution in [0.4, 0.5) is 0 Å². The maximum absolute atomic E-state index is 4.36. The average Bonchev–Trinajstić information content (AvgIpc) is 3.05. The number of nitrogens with zero attached hydrogens (tertiary/aromatic N) is 4. The SMILES string of the molecule is CCn1ccnc1CN[C@@H](C)[C@H](C)n1cccn1. The molecule has 0 amide bonds. The number of hydrogen-bond donors (Lipinski definition) is 1. The van der Waals surface area contributed by atoms with Crippen molar-refractivity contribution in [3.63, 3.8) is 0 Å². The summed E-state index contributed by atoms with van der Waals surface area (Å²) in [5.41, 5.74) is 0. The second-order valence-corrected chi connectivity index (χ2v) is 4.53. The number of aryl methyl sites for hydroxylation is 1. The third kappa shape index (κ3) is 2.79. The van der Waals surface area contributed by atoms with Crippen molar-refractivity contribution in [2.24, 2.45) is 0 Å². The van der Waals surface area contributed by atoms with Crippen LogP contribution in [0.25, 0.3) is 0 Å². The minimum Gasteiger partial charge on any atom is -0.334 e. The highest BCUT2D eigenvalue weighted by atomic mass is 15.3. The van der Waals surface area contributed by atoms with Gasteiger partial charge in [0.25, 0.3) is 0 Å². The lowest BCUT2D eigenvalue weighted by atomic mass is 10.2. The normalized spacial score (nSPS) is 14.6. The number of nitrogens with one attached hydrogen (secondary N) is 1. The predicted molar refractivity (Wildman–Crippen MR) is 71.1 cm³/mol. The van der Waals surface area contributed by atoms with Crippen LogP contribution in [0.15, 0.2) is 30.9 Å². The summed E-state index contributed by atoms with van der Waals surface area (Å²) in [5.74, 6) is 1.08. The van der Waals surface area contributed by atoms with Gasteiger partial charge in [0.2, 0.25) is 0 Å². The first-order chi connectivity index (χ1) is 8.72. The summed E-state index contributed by atoms with van der Waals surface area (Å²) in [6.07, 6.45) is 7.67. The van der Waals surface area contributed by atoms with Crippen molar-refractivity contribution in [1.29, 1.82) is 0 Å². The van der Waals surface area contributed by atoms with E-state index in [0.29, 0.717) is 12.1 Å². The van der Waals surface area contributed by atoms with Gasteiger partial charge in [0.15, 0.2) is 0 Å². The van der Waals surface area contributed by atoms with Crippen LogP contribution in [0.1, 0.15) is 32.6 Å². The largest absolute Gasteiger partial charge is 0.334 e. The van der Waals surface area contributed by atoms with Crippen LogP contribution < -0.4 is 5.32 Å². The van der Waals surface area contributed by atoms with Gasteiger partial charge in [0.1, 0.15) is 5.82 Å². The van der Waals surface area contributed by atoms with Crippen molar-refractivity contribution in [2.45, 2.75) is 45.9 Å². The molecule has 0 unspecified atom stereocenters. The Morgan fingerprint density at radius 2 is 2.11 bits per heavy atom. The van der Waals surface area contributed by atoms with Crippen LogP contribution in [0, 0.1) is 0 Å². The van der Waals surface area contributed by atoms with Crippen molar-refractivity contribution in [1.82, 2.24) is 24.6 Å². The van der Waals surface area contributed by atoms with Crippen molar-refractivity contribution in [3.8, 4) is 0 Å². The van der Waals surface area contributed by atoms with Crippen LogP contribution in [-0.4, -0.2) is 25.4 Å². The molecule has 0 aliphatic rings. The quantitative estimate of drug-likeness (QED) is 0.847. The van der Waals surface area contributed by atoms with Gasteiger partial charge in [-0.1, -0.05) is 0 Å². The molecule has 2 heterocycles. The summed E-state index contributed by atoms with van der Waals surface area (Å²) >= 11 is 0. The minimum atomic E-state index is 0.324. The Kier molecular flexibility index (Phi) is 4.15. The Hall–Kier alpha value is -1.62. The van der Waals surface area contributed by atoms with E-state index in [1.54, 1.807) is 0 Å². The van der Waals surface area contributed by atoms with E-state index in [2.05, 4.69) is 40.7 Å². The van der Waals surface area contributed by atoms with E-state index in [-0.39, 0.29) is 0 Å². The zero-order valence-corrected chi connectivity index (χ0v) is 11.2. The molecule has 0 fully saturated rings. The van der Waals surface area contributed by atoms with Crippen LogP contribution in [-0.2, 0) is 13.1 Å². The average molecular weight is 247 g/mol. The standard InChI is InChI=1S/C13H21N5/c1-4-17-9-7-14-13(17)10-15-11(2)12(3)18-8-5-6-16-18/h5-9,11-12,15H,4,10H2,1-3H3/t11-,12-/m0/s1. The Labute approximate surface area is 108 Å². The van der Waals surface area contributed by atoms with Crippen LogP contribution in [0.5, 0.6) is 0 Å². The second kappa shape index (κ2) is 5.82. The molecule has 0 aliphatic carbocycles. The molecule has 5 nitrogen and oxygen atoms in total. The molecule has 98 valence electrons. The smallest absolute Gasteiger partial charge is 0.122 e. The first-order valence-electron chi connectivity index (χ1n) is 6.45. The molecule has 2 rings (SSSR count).